The molecule has 2 amide bonds. The van der Waals surface area contributed by atoms with E-state index in [1.807, 2.05) is 41.8 Å². The second-order valence-corrected chi connectivity index (χ2v) is 10.3. The lowest BCUT2D eigenvalue weighted by Crippen LogP contribution is -2.47. The van der Waals surface area contributed by atoms with Gasteiger partial charge < -0.3 is 15.0 Å². The summed E-state index contributed by atoms with van der Waals surface area (Å²) in [6.45, 7) is 3.22. The predicted octanol–water partition coefficient (Wildman–Crippen LogP) is 6.46. The zero-order chi connectivity index (χ0) is 24.2. The molecule has 1 atom stereocenters. The molecule has 1 heterocycles. The van der Waals surface area contributed by atoms with Crippen LogP contribution in [-0.2, 0) is 16.1 Å². The van der Waals surface area contributed by atoms with Crippen molar-refractivity contribution in [3.8, 4) is 5.75 Å². The molecule has 3 rings (SSSR count). The standard InChI is InChI=1S/C27H37ClN2O3S/c1-2-3-4-8-17-33-23-15-13-21(14-16-23)26(27(32)29-22-10-6-5-7-11-22)30(25(31)19-28)20-24-12-9-18-34-24/h9,12-16,18,22,26H,2-8,10-11,17,19-20H2,1H3,(H,29,32)/t26-/m1/s1. The molecule has 0 aliphatic heterocycles. The van der Waals surface area contributed by atoms with E-state index in [2.05, 4.69) is 12.2 Å². The SMILES string of the molecule is CCCCCCOc1ccc([C@H](C(=O)NC2CCCCC2)N(Cc2cccs2)C(=O)CCl)cc1. The van der Waals surface area contributed by atoms with E-state index < -0.39 is 6.04 Å². The Bertz CT molecular complexity index is 867. The summed E-state index contributed by atoms with van der Waals surface area (Å²) in [6.07, 6.45) is 10.0. The molecule has 7 heteroatoms. The maximum absolute atomic E-state index is 13.6. The van der Waals surface area contributed by atoms with Gasteiger partial charge >= 0.3 is 0 Å². The number of hydrogen-bond acceptors (Lipinski definition) is 4. The van der Waals surface area contributed by atoms with E-state index in [0.717, 1.165) is 54.7 Å². The molecule has 2 aromatic rings. The maximum Gasteiger partial charge on any atom is 0.247 e. The average molecular weight is 505 g/mol. The number of hydrogen-bond donors (Lipinski definition) is 1. The number of rotatable bonds is 13. The fourth-order valence-corrected chi connectivity index (χ4v) is 5.29. The molecule has 1 aromatic heterocycles. The Morgan fingerprint density at radius 3 is 2.53 bits per heavy atom. The van der Waals surface area contributed by atoms with Crippen LogP contribution in [0.15, 0.2) is 41.8 Å². The van der Waals surface area contributed by atoms with E-state index >= 15 is 0 Å². The predicted molar refractivity (Wildman–Crippen MR) is 139 cm³/mol. The third kappa shape index (κ3) is 8.02. The van der Waals surface area contributed by atoms with Crippen LogP contribution in [0.1, 0.15) is 81.2 Å². The second kappa shape index (κ2) is 14.4. The molecule has 186 valence electrons. The highest BCUT2D eigenvalue weighted by Gasteiger charge is 2.32. The highest BCUT2D eigenvalue weighted by molar-refractivity contribution is 7.09. The normalized spacial score (nSPS) is 15.0. The van der Waals surface area contributed by atoms with E-state index in [4.69, 9.17) is 16.3 Å². The van der Waals surface area contributed by atoms with Gasteiger partial charge in [-0.1, -0.05) is 63.6 Å². The van der Waals surface area contributed by atoms with Gasteiger partial charge in [-0.2, -0.15) is 0 Å². The minimum absolute atomic E-state index is 0.143. The lowest BCUT2D eigenvalue weighted by atomic mass is 9.94. The van der Waals surface area contributed by atoms with Crippen LogP contribution in [0.2, 0.25) is 0 Å². The number of halogens is 1. The average Bonchev–Trinajstić information content (AvgIpc) is 3.38. The van der Waals surface area contributed by atoms with E-state index in [9.17, 15) is 9.59 Å². The first kappa shape index (κ1) is 26.6. The first-order chi connectivity index (χ1) is 16.6. The van der Waals surface area contributed by atoms with Gasteiger partial charge in [0.2, 0.25) is 11.8 Å². The number of unbranched alkanes of at least 4 members (excludes halogenated alkanes) is 3. The van der Waals surface area contributed by atoms with Gasteiger partial charge in [-0.3, -0.25) is 9.59 Å². The number of carbonyl (C=O) groups excluding carboxylic acids is 2. The molecule has 0 unspecified atom stereocenters. The van der Waals surface area contributed by atoms with Gasteiger partial charge in [0.05, 0.1) is 13.2 Å². The smallest absolute Gasteiger partial charge is 0.247 e. The van der Waals surface area contributed by atoms with Gasteiger partial charge in [0.25, 0.3) is 0 Å². The molecule has 1 aromatic carbocycles. The number of amides is 2. The molecular formula is C27H37ClN2O3S. The van der Waals surface area contributed by atoms with Gasteiger partial charge in [0, 0.05) is 10.9 Å². The summed E-state index contributed by atoms with van der Waals surface area (Å²) < 4.78 is 5.88. The van der Waals surface area contributed by atoms with Gasteiger partial charge in [-0.15, -0.1) is 22.9 Å². The van der Waals surface area contributed by atoms with Gasteiger partial charge in [-0.25, -0.2) is 0 Å². The van der Waals surface area contributed by atoms with Crippen LogP contribution in [-0.4, -0.2) is 35.2 Å². The molecule has 0 bridgehead atoms. The fraction of sp³-hybridized carbons (Fsp3) is 0.556. The van der Waals surface area contributed by atoms with Crippen LogP contribution in [0.25, 0.3) is 0 Å². The Morgan fingerprint density at radius 1 is 1.12 bits per heavy atom. The van der Waals surface area contributed by atoms with Crippen LogP contribution in [0.3, 0.4) is 0 Å². The van der Waals surface area contributed by atoms with E-state index in [-0.39, 0.29) is 23.7 Å². The number of nitrogens with zero attached hydrogens (tertiary/aromatic N) is 1. The molecule has 34 heavy (non-hydrogen) atoms. The van der Waals surface area contributed by atoms with Crippen LogP contribution in [0.4, 0.5) is 0 Å². The van der Waals surface area contributed by atoms with E-state index in [1.54, 1.807) is 16.2 Å². The number of benzene rings is 1. The van der Waals surface area contributed by atoms with Gasteiger partial charge in [0.15, 0.2) is 0 Å². The molecule has 0 spiro atoms. The Hall–Kier alpha value is -2.05. The van der Waals surface area contributed by atoms with Gasteiger partial charge in [-0.05, 0) is 48.4 Å². The summed E-state index contributed by atoms with van der Waals surface area (Å²) in [4.78, 5) is 29.1. The topological polar surface area (TPSA) is 58.6 Å². The van der Waals surface area contributed by atoms with Crippen molar-refractivity contribution in [2.75, 3.05) is 12.5 Å². The van der Waals surface area contributed by atoms with E-state index in [1.165, 1.54) is 19.3 Å². The first-order valence-electron chi connectivity index (χ1n) is 12.5. The molecule has 1 fully saturated rings. The Balaban J connectivity index is 1.79. The number of alkyl halides is 1. The van der Waals surface area contributed by atoms with Crippen molar-refractivity contribution in [1.29, 1.82) is 0 Å². The zero-order valence-electron chi connectivity index (χ0n) is 20.1. The molecule has 1 aliphatic rings. The van der Waals surface area contributed by atoms with Crippen molar-refractivity contribution in [1.82, 2.24) is 10.2 Å². The fourth-order valence-electron chi connectivity index (χ4n) is 4.44. The molecule has 1 N–H and O–H groups in total. The van der Waals surface area contributed by atoms with Crippen molar-refractivity contribution >= 4 is 34.8 Å². The second-order valence-electron chi connectivity index (χ2n) is 8.96. The summed E-state index contributed by atoms with van der Waals surface area (Å²) in [5, 5.41) is 5.20. The Kier molecular flexibility index (Phi) is 11.2. The molecular weight excluding hydrogens is 468 g/mol. The largest absolute Gasteiger partial charge is 0.494 e. The Labute approximate surface area is 212 Å². The summed E-state index contributed by atoms with van der Waals surface area (Å²) in [5.74, 6) is 0.211. The lowest BCUT2D eigenvalue weighted by molar-refractivity contribution is -0.140. The number of carbonyl (C=O) groups is 2. The lowest BCUT2D eigenvalue weighted by Gasteiger charge is -2.33. The number of nitrogens with one attached hydrogen (secondary N) is 1. The summed E-state index contributed by atoms with van der Waals surface area (Å²) in [5.41, 5.74) is 0.765. The van der Waals surface area contributed by atoms with Crippen molar-refractivity contribution in [3.63, 3.8) is 0 Å². The van der Waals surface area contributed by atoms with Crippen LogP contribution < -0.4 is 10.1 Å². The third-order valence-corrected chi connectivity index (χ3v) is 7.40. The van der Waals surface area contributed by atoms with Crippen LogP contribution >= 0.6 is 22.9 Å². The molecule has 0 radical (unpaired) electrons. The third-order valence-electron chi connectivity index (χ3n) is 6.31. The quantitative estimate of drug-likeness (QED) is 0.251. The van der Waals surface area contributed by atoms with E-state index in [0.29, 0.717) is 13.2 Å². The summed E-state index contributed by atoms with van der Waals surface area (Å²) in [6, 6.07) is 10.9. The minimum Gasteiger partial charge on any atom is -0.494 e. The zero-order valence-corrected chi connectivity index (χ0v) is 21.7. The number of thiophene rings is 1. The van der Waals surface area contributed by atoms with Crippen molar-refractivity contribution in [2.45, 2.75) is 83.3 Å². The maximum atomic E-state index is 13.6. The molecule has 1 aliphatic carbocycles. The van der Waals surface area contributed by atoms with Crippen molar-refractivity contribution in [3.05, 3.63) is 52.2 Å². The van der Waals surface area contributed by atoms with Crippen LogP contribution in [0, 0.1) is 0 Å². The van der Waals surface area contributed by atoms with Gasteiger partial charge in [0.1, 0.15) is 17.7 Å². The first-order valence-corrected chi connectivity index (χ1v) is 13.9. The van der Waals surface area contributed by atoms with Crippen LogP contribution in [0.5, 0.6) is 5.75 Å². The summed E-state index contributed by atoms with van der Waals surface area (Å²) in [7, 11) is 0. The minimum atomic E-state index is -0.742. The van der Waals surface area contributed by atoms with Crippen molar-refractivity contribution < 1.29 is 14.3 Å². The Morgan fingerprint density at radius 2 is 1.88 bits per heavy atom. The monoisotopic (exact) mass is 504 g/mol. The highest BCUT2D eigenvalue weighted by Crippen LogP contribution is 2.28. The molecule has 0 saturated heterocycles. The molecule has 5 nitrogen and oxygen atoms in total. The number of ether oxygens (including phenoxy) is 1. The van der Waals surface area contributed by atoms with Crippen molar-refractivity contribution in [2.24, 2.45) is 0 Å². The highest BCUT2D eigenvalue weighted by atomic mass is 35.5. The molecule has 1 saturated carbocycles. The summed E-state index contributed by atoms with van der Waals surface area (Å²) >= 11 is 7.56.